The zero-order valence-corrected chi connectivity index (χ0v) is 19.3. The zero-order valence-electron chi connectivity index (χ0n) is 19.3. The average molecular weight is 440 g/mol. The van der Waals surface area contributed by atoms with Crippen molar-refractivity contribution in [1.29, 1.82) is 0 Å². The van der Waals surface area contributed by atoms with Gasteiger partial charge in [0.25, 0.3) is 0 Å². The molecule has 5 aromatic rings. The number of benzene rings is 2. The molecule has 0 saturated heterocycles. The average Bonchev–Trinajstić information content (AvgIpc) is 2.89. The minimum atomic E-state index is 0.909. The number of hydrogen-bond donors (Lipinski definition) is 0. The lowest BCUT2D eigenvalue weighted by molar-refractivity contribution is 1.23. The maximum absolute atomic E-state index is 4.88. The molecule has 0 fully saturated rings. The first-order chi connectivity index (χ1) is 16.7. The van der Waals surface area contributed by atoms with Crippen LogP contribution in [0.1, 0.15) is 22.3 Å². The van der Waals surface area contributed by atoms with Gasteiger partial charge in [0.1, 0.15) is 0 Å². The smallest absolute Gasteiger partial charge is 0.0790 e. The topological polar surface area (TPSA) is 38.7 Å². The number of hydrogen-bond acceptors (Lipinski definition) is 3. The normalized spacial score (nSPS) is 11.1. The monoisotopic (exact) mass is 439 g/mol. The van der Waals surface area contributed by atoms with E-state index < -0.39 is 0 Å². The van der Waals surface area contributed by atoms with Crippen molar-refractivity contribution in [2.45, 2.75) is 13.8 Å². The lowest BCUT2D eigenvalue weighted by Crippen LogP contribution is -1.95. The predicted octanol–water partition coefficient (Wildman–Crippen LogP) is 7.66. The molecular weight excluding hydrogens is 414 g/mol. The van der Waals surface area contributed by atoms with Crippen LogP contribution >= 0.6 is 0 Å². The van der Waals surface area contributed by atoms with Crippen LogP contribution in [0, 0.1) is 13.8 Å². The molecular formula is C31H25N3. The third-order valence-electron chi connectivity index (χ3n) is 5.92. The summed E-state index contributed by atoms with van der Waals surface area (Å²) in [6, 6.07) is 27.0. The lowest BCUT2D eigenvalue weighted by Gasteiger charge is -2.12. The van der Waals surface area contributed by atoms with E-state index in [4.69, 9.17) is 9.97 Å². The lowest BCUT2D eigenvalue weighted by atomic mass is 9.98. The van der Waals surface area contributed by atoms with E-state index in [1.54, 1.807) is 6.20 Å². The predicted molar refractivity (Wildman–Crippen MR) is 141 cm³/mol. The number of nitrogens with zero attached hydrogens (tertiary/aromatic N) is 3. The quantitative estimate of drug-likeness (QED) is 0.282. The van der Waals surface area contributed by atoms with Gasteiger partial charge in [-0.25, -0.2) is 0 Å². The van der Waals surface area contributed by atoms with Gasteiger partial charge in [0.05, 0.1) is 11.4 Å². The molecule has 34 heavy (non-hydrogen) atoms. The Labute approximate surface area is 200 Å². The summed E-state index contributed by atoms with van der Waals surface area (Å²) in [7, 11) is 0. The Bertz CT molecular complexity index is 1460. The Balaban J connectivity index is 1.59. The fourth-order valence-electron chi connectivity index (χ4n) is 4.12. The van der Waals surface area contributed by atoms with Gasteiger partial charge in [-0.1, -0.05) is 72.8 Å². The minimum Gasteiger partial charge on any atom is -0.264 e. The van der Waals surface area contributed by atoms with Crippen LogP contribution in [-0.4, -0.2) is 15.0 Å². The largest absolute Gasteiger partial charge is 0.264 e. The van der Waals surface area contributed by atoms with Crippen molar-refractivity contribution in [3.63, 3.8) is 0 Å². The third-order valence-corrected chi connectivity index (χ3v) is 5.92. The second-order valence-electron chi connectivity index (χ2n) is 8.35. The minimum absolute atomic E-state index is 0.909. The molecule has 0 amide bonds. The summed E-state index contributed by atoms with van der Waals surface area (Å²) in [6.07, 6.45) is 11.7. The molecule has 3 nitrogen and oxygen atoms in total. The van der Waals surface area contributed by atoms with Gasteiger partial charge in [0, 0.05) is 52.6 Å². The van der Waals surface area contributed by atoms with E-state index in [0.29, 0.717) is 0 Å². The van der Waals surface area contributed by atoms with Crippen molar-refractivity contribution in [2.75, 3.05) is 0 Å². The standard InChI is InChI=1S/C31H25N3/c1-22-9-6-7-13-29(22)30-23(2)17-28(21-33-30)31-25(15-14-24-10-4-3-5-11-24)18-27(20-34-31)26-12-8-16-32-19-26/h3-21H,1-2H3/b15-14+. The Hall–Kier alpha value is -4.37. The highest BCUT2D eigenvalue weighted by Crippen LogP contribution is 2.31. The molecule has 2 aromatic carbocycles. The van der Waals surface area contributed by atoms with E-state index in [1.807, 2.05) is 42.9 Å². The van der Waals surface area contributed by atoms with Crippen molar-refractivity contribution in [1.82, 2.24) is 15.0 Å². The van der Waals surface area contributed by atoms with Crippen LogP contribution in [-0.2, 0) is 0 Å². The summed E-state index contributed by atoms with van der Waals surface area (Å²) in [4.78, 5) is 14.0. The molecule has 0 spiro atoms. The Morgan fingerprint density at radius 1 is 0.588 bits per heavy atom. The molecule has 0 N–H and O–H groups in total. The zero-order chi connectivity index (χ0) is 23.3. The second-order valence-corrected chi connectivity index (χ2v) is 8.35. The molecule has 5 rings (SSSR count). The third kappa shape index (κ3) is 4.55. The molecule has 0 aliphatic carbocycles. The fourth-order valence-corrected chi connectivity index (χ4v) is 4.12. The molecule has 3 aromatic heterocycles. The molecule has 0 saturated carbocycles. The fraction of sp³-hybridized carbons (Fsp3) is 0.0645. The van der Waals surface area contributed by atoms with E-state index in [1.165, 1.54) is 5.56 Å². The number of pyridine rings is 3. The van der Waals surface area contributed by atoms with Crippen LogP contribution in [0.15, 0.2) is 104 Å². The van der Waals surface area contributed by atoms with Crippen molar-refractivity contribution in [3.05, 3.63) is 126 Å². The SMILES string of the molecule is Cc1ccccc1-c1ncc(-c2ncc(-c3cccnc3)cc2/C=C/c2ccccc2)cc1C. The summed E-state index contributed by atoms with van der Waals surface area (Å²) < 4.78 is 0. The Kier molecular flexibility index (Phi) is 6.09. The van der Waals surface area contributed by atoms with Crippen LogP contribution in [0.4, 0.5) is 0 Å². The molecule has 3 heteroatoms. The van der Waals surface area contributed by atoms with Crippen LogP contribution in [0.3, 0.4) is 0 Å². The first kappa shape index (κ1) is 21.5. The highest BCUT2D eigenvalue weighted by Gasteiger charge is 2.12. The van der Waals surface area contributed by atoms with Crippen molar-refractivity contribution in [2.24, 2.45) is 0 Å². The van der Waals surface area contributed by atoms with Gasteiger partial charge in [-0.15, -0.1) is 0 Å². The summed E-state index contributed by atoms with van der Waals surface area (Å²) in [6.45, 7) is 4.23. The number of aromatic nitrogens is 3. The summed E-state index contributed by atoms with van der Waals surface area (Å²) in [5.41, 5.74) is 10.7. The molecule has 0 aliphatic rings. The van der Waals surface area contributed by atoms with E-state index in [-0.39, 0.29) is 0 Å². The van der Waals surface area contributed by atoms with Gasteiger partial charge in [-0.05, 0) is 48.7 Å². The first-order valence-corrected chi connectivity index (χ1v) is 11.4. The Morgan fingerprint density at radius 3 is 2.12 bits per heavy atom. The molecule has 0 radical (unpaired) electrons. The summed E-state index contributed by atoms with van der Waals surface area (Å²) in [5, 5.41) is 0. The van der Waals surface area contributed by atoms with Gasteiger partial charge < -0.3 is 0 Å². The van der Waals surface area contributed by atoms with E-state index in [2.05, 4.69) is 85.6 Å². The van der Waals surface area contributed by atoms with Gasteiger partial charge >= 0.3 is 0 Å². The molecule has 0 atom stereocenters. The number of rotatable bonds is 5. The number of aryl methyl sites for hydroxylation is 2. The van der Waals surface area contributed by atoms with Gasteiger partial charge in [-0.2, -0.15) is 0 Å². The highest BCUT2D eigenvalue weighted by atomic mass is 14.7. The van der Waals surface area contributed by atoms with Crippen LogP contribution in [0.2, 0.25) is 0 Å². The van der Waals surface area contributed by atoms with E-state index in [9.17, 15) is 0 Å². The van der Waals surface area contributed by atoms with Gasteiger partial charge in [0.15, 0.2) is 0 Å². The summed E-state index contributed by atoms with van der Waals surface area (Å²) in [5.74, 6) is 0. The van der Waals surface area contributed by atoms with Crippen molar-refractivity contribution >= 4 is 12.2 Å². The van der Waals surface area contributed by atoms with Crippen molar-refractivity contribution in [3.8, 4) is 33.6 Å². The molecule has 3 heterocycles. The van der Waals surface area contributed by atoms with Crippen LogP contribution < -0.4 is 0 Å². The first-order valence-electron chi connectivity index (χ1n) is 11.4. The van der Waals surface area contributed by atoms with Crippen molar-refractivity contribution < 1.29 is 0 Å². The van der Waals surface area contributed by atoms with Crippen LogP contribution in [0.25, 0.3) is 45.8 Å². The molecule has 0 aliphatic heterocycles. The Morgan fingerprint density at radius 2 is 1.35 bits per heavy atom. The second kappa shape index (κ2) is 9.63. The molecule has 0 unspecified atom stereocenters. The molecule has 0 bridgehead atoms. The maximum atomic E-state index is 4.88. The highest BCUT2D eigenvalue weighted by molar-refractivity contribution is 5.82. The molecule has 164 valence electrons. The van der Waals surface area contributed by atoms with E-state index in [0.717, 1.165) is 50.3 Å². The van der Waals surface area contributed by atoms with Gasteiger partial charge in [-0.3, -0.25) is 15.0 Å². The van der Waals surface area contributed by atoms with Crippen LogP contribution in [0.5, 0.6) is 0 Å². The summed E-state index contributed by atoms with van der Waals surface area (Å²) >= 11 is 0. The van der Waals surface area contributed by atoms with E-state index >= 15 is 0 Å². The maximum Gasteiger partial charge on any atom is 0.0790 e. The van der Waals surface area contributed by atoms with Gasteiger partial charge in [0.2, 0.25) is 0 Å².